The number of alkyl halides is 3. The number of aliphatic hydroxyl groups is 2. The highest BCUT2D eigenvalue weighted by atomic mass is 19.4. The van der Waals surface area contributed by atoms with Crippen molar-refractivity contribution in [2.24, 2.45) is 0 Å². The molecular formula is C109H81F10N17O6. The van der Waals surface area contributed by atoms with Crippen LogP contribution >= 0.6 is 0 Å². The second-order valence-corrected chi connectivity index (χ2v) is 33.1. The Morgan fingerprint density at radius 1 is 0.324 bits per heavy atom. The van der Waals surface area contributed by atoms with Crippen LogP contribution in [0.25, 0.3) is 112 Å². The topological polar surface area (TPSA) is 291 Å². The van der Waals surface area contributed by atoms with Gasteiger partial charge in [-0.25, -0.2) is 50.7 Å². The van der Waals surface area contributed by atoms with E-state index in [1.165, 1.54) is 65.5 Å². The van der Waals surface area contributed by atoms with E-state index in [2.05, 4.69) is 66.1 Å². The molecule has 0 spiro atoms. The fourth-order valence-electron chi connectivity index (χ4n) is 16.1. The molecule has 33 heteroatoms. The van der Waals surface area contributed by atoms with E-state index in [-0.39, 0.29) is 69.3 Å². The molecule has 0 atom stereocenters. The third-order valence-corrected chi connectivity index (χ3v) is 23.3. The van der Waals surface area contributed by atoms with Gasteiger partial charge in [-0.1, -0.05) is 89.0 Å². The summed E-state index contributed by atoms with van der Waals surface area (Å²) in [4.78, 5) is 90.7. The summed E-state index contributed by atoms with van der Waals surface area (Å²) >= 11 is 0. The summed E-state index contributed by atoms with van der Waals surface area (Å²) in [5, 5.41) is 31.1. The van der Waals surface area contributed by atoms with Crippen LogP contribution in [-0.4, -0.2) is 96.3 Å². The molecule has 0 aliphatic rings. The molecule has 4 amide bonds. The highest BCUT2D eigenvalue weighted by Crippen LogP contribution is 2.40. The van der Waals surface area contributed by atoms with Crippen LogP contribution in [0, 0.1) is 89.2 Å². The first-order valence-electron chi connectivity index (χ1n) is 44.0. The van der Waals surface area contributed by atoms with Crippen molar-refractivity contribution in [3.63, 3.8) is 0 Å². The number of fused-ring (bicyclic) bond motifs is 4. The van der Waals surface area contributed by atoms with Crippen LogP contribution in [0.1, 0.15) is 97.7 Å². The van der Waals surface area contributed by atoms with E-state index < -0.39 is 70.7 Å². The summed E-state index contributed by atoms with van der Waals surface area (Å²) in [6.07, 6.45) is 13.3. The van der Waals surface area contributed by atoms with Crippen molar-refractivity contribution in [1.82, 2.24) is 62.5 Å². The minimum atomic E-state index is -4.88. The van der Waals surface area contributed by atoms with Crippen molar-refractivity contribution in [2.75, 3.05) is 21.3 Å². The normalized spacial score (nSPS) is 11.2. The molecule has 0 radical (unpaired) electrons. The van der Waals surface area contributed by atoms with E-state index in [0.717, 1.165) is 70.0 Å². The Morgan fingerprint density at radius 2 is 0.683 bits per heavy atom. The van der Waals surface area contributed by atoms with Crippen molar-refractivity contribution in [2.45, 2.75) is 67.9 Å². The SMILES string of the molecule is Cc1ccc(NC(=O)c2cc(-c3cccn4c(-c5cccc(F)c5F)c(CO)nc34)cnc2C)cc1.Cc1ccc(NC(=O)c2cc(-c3cccn4c(-c5cccc(F)c5F)cnc34)cnc2C(F)(F)F)cc1.Cc1ccc(NC(=O)c2cc(-c3cccn4c(-c5cccc(F)c5F)cnc34)ncc2C)cc1.Cc1ccc(NC(=O)c2cc(-c3cccn4c(-c5cncc(F)c5)c(CO)nc34)cnc2C)cc1. The number of nitrogens with zero attached hydrogens (tertiary/aromatic N) is 13. The number of aryl methyl sites for hydroxylation is 7. The van der Waals surface area contributed by atoms with Gasteiger partial charge < -0.3 is 31.5 Å². The minimum Gasteiger partial charge on any atom is -0.390 e. The number of rotatable bonds is 18. The molecule has 13 heterocycles. The lowest BCUT2D eigenvalue weighted by Gasteiger charge is -2.14. The third kappa shape index (κ3) is 20.2. The van der Waals surface area contributed by atoms with Gasteiger partial charge in [0.2, 0.25) is 0 Å². The molecule has 0 bridgehead atoms. The maximum absolute atomic E-state index is 14.7. The predicted octanol–water partition coefficient (Wildman–Crippen LogP) is 23.8. The Morgan fingerprint density at radius 3 is 1.11 bits per heavy atom. The molecule has 0 unspecified atom stereocenters. The average molecular weight is 1910 g/mol. The van der Waals surface area contributed by atoms with E-state index in [1.807, 2.05) is 126 Å². The molecule has 7 aromatic carbocycles. The van der Waals surface area contributed by atoms with Crippen LogP contribution in [0.4, 0.5) is 66.7 Å². The molecule has 6 N–H and O–H groups in total. The van der Waals surface area contributed by atoms with Crippen LogP contribution in [-0.2, 0) is 19.4 Å². The number of hydrogen-bond donors (Lipinski definition) is 6. The molecule has 13 aromatic heterocycles. The number of amides is 4. The molecular weight excluding hydrogens is 1830 g/mol. The molecule has 23 nitrogen and oxygen atoms in total. The zero-order valence-electron chi connectivity index (χ0n) is 76.4. The minimum absolute atomic E-state index is 0.0103. The highest BCUT2D eigenvalue weighted by Gasteiger charge is 2.38. The number of aliphatic hydroxyl groups excluding tert-OH is 2. The smallest absolute Gasteiger partial charge is 0.390 e. The summed E-state index contributed by atoms with van der Waals surface area (Å²) in [5.74, 6) is -8.23. The standard InChI is InChI=1S/C28H22F2N4O2.C27H17F5N4O.C27H20F2N4O.C27H22FN5O2/c1-16-8-10-19(11-9-16)32-28(36)22-13-18(14-31-17(22)2)20-6-4-12-34-26(24(15-35)33-27(20)34)21-5-3-7-23(29)25(21)30;1-15-7-9-17(10-8-15)35-26(37)20-12-16(13-33-24(20)27(30,31)32)18-5-3-11-36-22(14-34-25(18)36)19-4-2-6-21(28)23(19)29;1-16-8-10-18(11-9-16)32-27(34)21-13-23(30-14-17(21)2)19-6-4-12-33-24(15-31-26(19)33)20-5-3-7-22(28)25(20)29;1-16-5-7-21(8-6-16)31-27(35)23-11-18(13-30-17(23)2)22-4-3-9-33-25(24(15-34)32-26(22)33)19-10-20(28)14-29-12-19/h3-14,35H,15H2,1-2H3,(H,32,36);2-14H,1H3,(H,35,37);3-15H,1-2H3,(H,32,34);3-14,34H,15H2,1-2H3,(H,31,35). The maximum Gasteiger partial charge on any atom is 0.434 e. The first kappa shape index (κ1) is 95.9. The molecule has 0 aliphatic carbocycles. The van der Waals surface area contributed by atoms with Gasteiger partial charge >= 0.3 is 6.18 Å². The highest BCUT2D eigenvalue weighted by molar-refractivity contribution is 6.09. The van der Waals surface area contributed by atoms with Gasteiger partial charge in [0.25, 0.3) is 23.6 Å². The lowest BCUT2D eigenvalue weighted by Crippen LogP contribution is -2.20. The summed E-state index contributed by atoms with van der Waals surface area (Å²) in [6, 6.07) is 62.5. The van der Waals surface area contributed by atoms with Crippen LogP contribution < -0.4 is 21.3 Å². The van der Waals surface area contributed by atoms with Crippen molar-refractivity contribution < 1.29 is 73.3 Å². The Bertz CT molecular complexity index is 8280. The van der Waals surface area contributed by atoms with Crippen LogP contribution in [0.2, 0.25) is 0 Å². The second-order valence-electron chi connectivity index (χ2n) is 33.1. The van der Waals surface area contributed by atoms with Gasteiger partial charge in [0, 0.05) is 145 Å². The van der Waals surface area contributed by atoms with Crippen LogP contribution in [0.5, 0.6) is 0 Å². The summed E-state index contributed by atoms with van der Waals surface area (Å²) in [5.41, 5.74) is 16.5. The largest absolute Gasteiger partial charge is 0.434 e. The summed E-state index contributed by atoms with van der Waals surface area (Å²) in [7, 11) is 0. The van der Waals surface area contributed by atoms with Gasteiger partial charge in [0.1, 0.15) is 28.4 Å². The number of hydrogen-bond acceptors (Lipinski definition) is 15. The number of nitrogens with one attached hydrogen (secondary N) is 4. The van der Waals surface area contributed by atoms with Gasteiger partial charge in [-0.2, -0.15) is 13.2 Å². The number of imidazole rings is 4. The zero-order valence-corrected chi connectivity index (χ0v) is 76.4. The van der Waals surface area contributed by atoms with Gasteiger partial charge in [0.05, 0.1) is 99.7 Å². The number of anilines is 4. The quantitative estimate of drug-likeness (QED) is 0.0435. The fourth-order valence-corrected chi connectivity index (χ4v) is 16.1. The predicted molar refractivity (Wildman–Crippen MR) is 521 cm³/mol. The molecule has 20 aromatic rings. The summed E-state index contributed by atoms with van der Waals surface area (Å²) < 4.78 is 147. The molecule has 142 heavy (non-hydrogen) atoms. The number of carbonyl (C=O) groups excluding carboxylic acids is 4. The zero-order chi connectivity index (χ0) is 100. The van der Waals surface area contributed by atoms with E-state index in [9.17, 15) is 73.3 Å². The third-order valence-electron chi connectivity index (χ3n) is 23.3. The van der Waals surface area contributed by atoms with E-state index in [0.29, 0.717) is 124 Å². The Kier molecular flexibility index (Phi) is 27.6. The monoisotopic (exact) mass is 1910 g/mol. The lowest BCUT2D eigenvalue weighted by atomic mass is 10.0. The van der Waals surface area contributed by atoms with Crippen LogP contribution in [0.3, 0.4) is 0 Å². The maximum atomic E-state index is 14.7. The Labute approximate surface area is 803 Å². The van der Waals surface area contributed by atoms with Crippen molar-refractivity contribution in [1.29, 1.82) is 0 Å². The number of pyridine rings is 9. The van der Waals surface area contributed by atoms with E-state index >= 15 is 0 Å². The average Bonchev–Trinajstić information content (AvgIpc) is 1.59. The van der Waals surface area contributed by atoms with E-state index in [1.54, 1.807) is 143 Å². The van der Waals surface area contributed by atoms with Crippen molar-refractivity contribution in [3.8, 4) is 89.7 Å². The van der Waals surface area contributed by atoms with Gasteiger partial charge in [-0.05, 0) is 218 Å². The molecule has 0 fully saturated rings. The van der Waals surface area contributed by atoms with Crippen LogP contribution in [0.15, 0.2) is 305 Å². The summed E-state index contributed by atoms with van der Waals surface area (Å²) in [6.45, 7) is 12.3. The van der Waals surface area contributed by atoms with Gasteiger partial charge in [-0.15, -0.1) is 0 Å². The van der Waals surface area contributed by atoms with Crippen molar-refractivity contribution in [3.05, 3.63) is 424 Å². The number of carbonyl (C=O) groups is 4. The molecule has 20 rings (SSSR count). The number of halogens is 10. The number of aromatic nitrogens is 13. The fraction of sp³-hybridized carbons (Fsp3) is 0.0917. The Balaban J connectivity index is 0.000000130. The first-order valence-corrected chi connectivity index (χ1v) is 44.0. The van der Waals surface area contributed by atoms with E-state index in [4.69, 9.17) is 0 Å². The molecule has 0 aliphatic heterocycles. The molecule has 708 valence electrons. The lowest BCUT2D eigenvalue weighted by molar-refractivity contribution is -0.141. The molecule has 0 saturated carbocycles. The van der Waals surface area contributed by atoms with Gasteiger partial charge in [0.15, 0.2) is 40.6 Å². The first-order chi connectivity index (χ1) is 68.4. The Hall–Kier alpha value is -17.9. The van der Waals surface area contributed by atoms with Gasteiger partial charge in [-0.3, -0.25) is 61.7 Å². The molecule has 0 saturated heterocycles. The van der Waals surface area contributed by atoms with Crippen molar-refractivity contribution >= 4 is 69.0 Å². The second kappa shape index (κ2) is 40.8. The number of benzene rings is 7.